The van der Waals surface area contributed by atoms with Gasteiger partial charge in [-0.15, -0.1) is 0 Å². The molecule has 2 heteroatoms. The number of unbranched alkanes of at least 4 members (excludes halogenated alkanes) is 4. The standard InChI is InChI=1S/C29H38IN/c1-3-5-20-27(4-2)29(28-21-14-10-15-22-28)31(25-23-30)24-16-8-6-7-11-17-26-18-12-9-13-19-26/h4,9-15,17-22,29H,2-3,5-8,16,23-25H2,1H3/b17-11+,27-20+. The molecule has 0 aliphatic carbocycles. The lowest BCUT2D eigenvalue weighted by atomic mass is 9.95. The van der Waals surface area contributed by atoms with E-state index >= 15 is 0 Å². The van der Waals surface area contributed by atoms with Gasteiger partial charge in [0.2, 0.25) is 0 Å². The lowest BCUT2D eigenvalue weighted by molar-refractivity contribution is 0.234. The maximum Gasteiger partial charge on any atom is 0.0598 e. The molecule has 0 aliphatic heterocycles. The molecule has 31 heavy (non-hydrogen) atoms. The SMILES string of the molecule is C=C/C(=C\CCC)C(c1ccccc1)N(CCI)CCCCC/C=C/c1ccccc1. The molecule has 0 radical (unpaired) electrons. The summed E-state index contributed by atoms with van der Waals surface area (Å²) < 4.78 is 1.14. The Morgan fingerprint density at radius 1 is 0.935 bits per heavy atom. The lowest BCUT2D eigenvalue weighted by Crippen LogP contribution is -2.32. The quantitative estimate of drug-likeness (QED) is 0.0970. The molecule has 2 aromatic rings. The van der Waals surface area contributed by atoms with E-state index in [4.69, 9.17) is 0 Å². The Kier molecular flexibility index (Phi) is 13.3. The van der Waals surface area contributed by atoms with Crippen LogP contribution in [0.1, 0.15) is 62.6 Å². The van der Waals surface area contributed by atoms with Gasteiger partial charge in [-0.1, -0.05) is 134 Å². The molecule has 0 saturated heterocycles. The minimum Gasteiger partial charge on any atom is -0.292 e. The maximum atomic E-state index is 4.15. The highest BCUT2D eigenvalue weighted by Gasteiger charge is 2.22. The van der Waals surface area contributed by atoms with Crippen molar-refractivity contribution in [3.8, 4) is 0 Å². The van der Waals surface area contributed by atoms with E-state index in [2.05, 4.69) is 126 Å². The van der Waals surface area contributed by atoms with Crippen LogP contribution in [0.5, 0.6) is 0 Å². The molecule has 166 valence electrons. The third-order valence-corrected chi connectivity index (χ3v) is 5.98. The van der Waals surface area contributed by atoms with Gasteiger partial charge in [0.15, 0.2) is 0 Å². The van der Waals surface area contributed by atoms with E-state index in [0.29, 0.717) is 6.04 Å². The van der Waals surface area contributed by atoms with Crippen LogP contribution >= 0.6 is 22.6 Å². The van der Waals surface area contributed by atoms with Crippen LogP contribution in [0, 0.1) is 0 Å². The van der Waals surface area contributed by atoms with Crippen LogP contribution in [0.2, 0.25) is 0 Å². The zero-order valence-corrected chi connectivity index (χ0v) is 21.2. The van der Waals surface area contributed by atoms with Crippen molar-refractivity contribution in [2.45, 2.75) is 51.5 Å². The molecule has 0 aromatic heterocycles. The second-order valence-electron chi connectivity index (χ2n) is 7.90. The first kappa shape index (κ1) is 25.6. The van der Waals surface area contributed by atoms with Crippen molar-refractivity contribution in [3.63, 3.8) is 0 Å². The summed E-state index contributed by atoms with van der Waals surface area (Å²) in [6, 6.07) is 21.8. The molecular weight excluding hydrogens is 489 g/mol. The first-order valence-corrected chi connectivity index (χ1v) is 13.2. The highest BCUT2D eigenvalue weighted by atomic mass is 127. The van der Waals surface area contributed by atoms with Crippen molar-refractivity contribution < 1.29 is 0 Å². The van der Waals surface area contributed by atoms with Crippen LogP contribution in [0.3, 0.4) is 0 Å². The summed E-state index contributed by atoms with van der Waals surface area (Å²) in [5, 5.41) is 0. The van der Waals surface area contributed by atoms with E-state index in [1.165, 1.54) is 42.4 Å². The van der Waals surface area contributed by atoms with Crippen LogP contribution in [-0.2, 0) is 0 Å². The number of nitrogens with zero attached hydrogens (tertiary/aromatic N) is 1. The highest BCUT2D eigenvalue weighted by Crippen LogP contribution is 2.30. The fourth-order valence-corrected chi connectivity index (χ4v) is 4.50. The Hall–Kier alpha value is -1.65. The average Bonchev–Trinajstić information content (AvgIpc) is 2.82. The summed E-state index contributed by atoms with van der Waals surface area (Å²) in [5.41, 5.74) is 4.02. The topological polar surface area (TPSA) is 3.24 Å². The van der Waals surface area contributed by atoms with Gasteiger partial charge >= 0.3 is 0 Å². The molecule has 0 fully saturated rings. The molecule has 2 aromatic carbocycles. The number of halogens is 1. The van der Waals surface area contributed by atoms with Crippen LogP contribution in [0.25, 0.3) is 6.08 Å². The van der Waals surface area contributed by atoms with Crippen LogP contribution < -0.4 is 0 Å². The van der Waals surface area contributed by atoms with Gasteiger partial charge in [0.1, 0.15) is 0 Å². The maximum absolute atomic E-state index is 4.15. The summed E-state index contributed by atoms with van der Waals surface area (Å²) in [5.74, 6) is 0. The van der Waals surface area contributed by atoms with Gasteiger partial charge < -0.3 is 0 Å². The average molecular weight is 528 g/mol. The molecule has 0 aliphatic rings. The Morgan fingerprint density at radius 2 is 1.65 bits per heavy atom. The number of alkyl halides is 1. The molecule has 0 bridgehead atoms. The predicted molar refractivity (Wildman–Crippen MR) is 147 cm³/mol. The van der Waals surface area contributed by atoms with Gasteiger partial charge in [-0.05, 0) is 48.9 Å². The lowest BCUT2D eigenvalue weighted by Gasteiger charge is -2.33. The second kappa shape index (κ2) is 16.0. The molecule has 0 N–H and O–H groups in total. The second-order valence-corrected chi connectivity index (χ2v) is 8.98. The van der Waals surface area contributed by atoms with E-state index in [1.807, 2.05) is 0 Å². The Bertz CT molecular complexity index is 779. The zero-order valence-electron chi connectivity index (χ0n) is 19.1. The van der Waals surface area contributed by atoms with Gasteiger partial charge in [0, 0.05) is 11.0 Å². The van der Waals surface area contributed by atoms with Gasteiger partial charge in [0.05, 0.1) is 6.04 Å². The third kappa shape index (κ3) is 9.57. The number of allylic oxidation sites excluding steroid dienone is 2. The zero-order chi connectivity index (χ0) is 22.2. The van der Waals surface area contributed by atoms with Crippen molar-refractivity contribution in [1.82, 2.24) is 4.90 Å². The Balaban J connectivity index is 1.96. The highest BCUT2D eigenvalue weighted by molar-refractivity contribution is 14.1. The summed E-state index contributed by atoms with van der Waals surface area (Å²) in [6.45, 7) is 8.62. The molecule has 1 nitrogen and oxygen atoms in total. The first-order chi connectivity index (χ1) is 15.3. The third-order valence-electron chi connectivity index (χ3n) is 5.50. The fourth-order valence-electron chi connectivity index (χ4n) is 3.88. The molecule has 1 unspecified atom stereocenters. The summed E-state index contributed by atoms with van der Waals surface area (Å²) in [4.78, 5) is 2.66. The minimum atomic E-state index is 0.304. The minimum absolute atomic E-state index is 0.304. The van der Waals surface area contributed by atoms with Crippen molar-refractivity contribution >= 4 is 28.7 Å². The normalized spacial score (nSPS) is 13.1. The fraction of sp³-hybridized carbons (Fsp3) is 0.379. The van der Waals surface area contributed by atoms with Crippen molar-refractivity contribution in [2.75, 3.05) is 17.5 Å². The number of benzene rings is 2. The predicted octanol–water partition coefficient (Wildman–Crippen LogP) is 8.65. The van der Waals surface area contributed by atoms with E-state index in [9.17, 15) is 0 Å². The van der Waals surface area contributed by atoms with E-state index in [0.717, 1.165) is 30.4 Å². The van der Waals surface area contributed by atoms with Crippen LogP contribution in [0.4, 0.5) is 0 Å². The van der Waals surface area contributed by atoms with Gasteiger partial charge in [-0.25, -0.2) is 0 Å². The summed E-state index contributed by atoms with van der Waals surface area (Å²) in [7, 11) is 0. The molecule has 0 heterocycles. The van der Waals surface area contributed by atoms with Gasteiger partial charge in [-0.2, -0.15) is 0 Å². The van der Waals surface area contributed by atoms with Crippen molar-refractivity contribution in [1.29, 1.82) is 0 Å². The van der Waals surface area contributed by atoms with E-state index in [1.54, 1.807) is 0 Å². The van der Waals surface area contributed by atoms with E-state index in [-0.39, 0.29) is 0 Å². The first-order valence-electron chi connectivity index (χ1n) is 11.7. The van der Waals surface area contributed by atoms with Gasteiger partial charge in [-0.3, -0.25) is 4.90 Å². The monoisotopic (exact) mass is 527 g/mol. The molecule has 0 saturated carbocycles. The van der Waals surface area contributed by atoms with Crippen molar-refractivity contribution in [2.24, 2.45) is 0 Å². The summed E-state index contributed by atoms with van der Waals surface area (Å²) in [6.07, 6.45) is 16.2. The van der Waals surface area contributed by atoms with Crippen LogP contribution in [-0.4, -0.2) is 22.4 Å². The van der Waals surface area contributed by atoms with Crippen LogP contribution in [0.15, 0.2) is 91.0 Å². The Labute approximate surface area is 204 Å². The Morgan fingerprint density at radius 3 is 2.29 bits per heavy atom. The molecule has 0 spiro atoms. The molecular formula is C29H38IN. The van der Waals surface area contributed by atoms with Gasteiger partial charge in [0.25, 0.3) is 0 Å². The largest absolute Gasteiger partial charge is 0.292 e. The molecule has 1 atom stereocenters. The number of rotatable bonds is 15. The molecule has 2 rings (SSSR count). The van der Waals surface area contributed by atoms with E-state index < -0.39 is 0 Å². The summed E-state index contributed by atoms with van der Waals surface area (Å²) >= 11 is 2.51. The molecule has 0 amide bonds. The smallest absolute Gasteiger partial charge is 0.0598 e. The number of hydrogen-bond acceptors (Lipinski definition) is 1. The van der Waals surface area contributed by atoms with Crippen molar-refractivity contribution in [3.05, 3.63) is 102 Å². The number of hydrogen-bond donors (Lipinski definition) is 0.